The highest BCUT2D eigenvalue weighted by molar-refractivity contribution is 5.84. The SMILES string of the molecule is COc1ccnc(N2CCCC(C(C)C(=O)CN3CC=C(c4ccc(F)c(C)c4)C=C3C3CCCCC3)CC2)c1. The number of carbonyl (C=O) groups is 1. The second-order valence-corrected chi connectivity index (χ2v) is 11.9. The molecule has 0 spiro atoms. The summed E-state index contributed by atoms with van der Waals surface area (Å²) >= 11 is 0. The van der Waals surface area contributed by atoms with Gasteiger partial charge in [0.05, 0.1) is 13.7 Å². The van der Waals surface area contributed by atoms with Crippen molar-refractivity contribution >= 4 is 17.2 Å². The summed E-state index contributed by atoms with van der Waals surface area (Å²) in [6, 6.07) is 9.26. The minimum atomic E-state index is -0.167. The number of Topliss-reactive ketones (excluding diaryl/α,β-unsaturated/α-hetero) is 1. The largest absolute Gasteiger partial charge is 0.497 e. The average Bonchev–Trinajstić information content (AvgIpc) is 3.25. The molecule has 2 atom stereocenters. The Morgan fingerprint density at radius 3 is 2.67 bits per heavy atom. The molecule has 214 valence electrons. The number of methoxy groups -OCH3 is 1. The number of aromatic nitrogens is 1. The Morgan fingerprint density at radius 1 is 1.07 bits per heavy atom. The highest BCUT2D eigenvalue weighted by Gasteiger charge is 2.31. The summed E-state index contributed by atoms with van der Waals surface area (Å²) in [6.45, 7) is 7.01. The smallest absolute Gasteiger partial charge is 0.155 e. The number of hydrogen-bond donors (Lipinski definition) is 0. The summed E-state index contributed by atoms with van der Waals surface area (Å²) in [4.78, 5) is 23.0. The third-order valence-electron chi connectivity index (χ3n) is 9.33. The Kier molecular flexibility index (Phi) is 9.23. The van der Waals surface area contributed by atoms with Crippen LogP contribution >= 0.6 is 0 Å². The lowest BCUT2D eigenvalue weighted by molar-refractivity contribution is -0.124. The lowest BCUT2D eigenvalue weighted by atomic mass is 9.82. The fourth-order valence-corrected chi connectivity index (χ4v) is 6.73. The number of ether oxygens (including phenoxy) is 1. The minimum Gasteiger partial charge on any atom is -0.497 e. The summed E-state index contributed by atoms with van der Waals surface area (Å²) in [5.41, 5.74) is 4.17. The van der Waals surface area contributed by atoms with Gasteiger partial charge in [-0.15, -0.1) is 0 Å². The third kappa shape index (κ3) is 6.59. The molecule has 1 saturated heterocycles. The summed E-state index contributed by atoms with van der Waals surface area (Å²) < 4.78 is 19.3. The molecule has 1 aromatic heterocycles. The topological polar surface area (TPSA) is 45.7 Å². The van der Waals surface area contributed by atoms with Gasteiger partial charge in [-0.05, 0) is 91.8 Å². The van der Waals surface area contributed by atoms with E-state index in [1.807, 2.05) is 31.2 Å². The van der Waals surface area contributed by atoms with E-state index in [9.17, 15) is 9.18 Å². The van der Waals surface area contributed by atoms with Crippen molar-refractivity contribution in [2.75, 3.05) is 38.2 Å². The Bertz CT molecular complexity index is 1250. The summed E-state index contributed by atoms with van der Waals surface area (Å²) in [5.74, 6) is 2.84. The lowest BCUT2D eigenvalue weighted by Crippen LogP contribution is -2.38. The number of allylic oxidation sites excluding steroid dienone is 3. The first-order chi connectivity index (χ1) is 19.4. The number of anilines is 1. The fraction of sp³-hybridized carbons (Fsp3) is 0.529. The van der Waals surface area contributed by atoms with E-state index < -0.39 is 0 Å². The number of hydrogen-bond acceptors (Lipinski definition) is 5. The number of benzene rings is 1. The van der Waals surface area contributed by atoms with Gasteiger partial charge in [-0.25, -0.2) is 9.37 Å². The van der Waals surface area contributed by atoms with Crippen molar-refractivity contribution in [2.24, 2.45) is 17.8 Å². The van der Waals surface area contributed by atoms with Gasteiger partial charge in [-0.3, -0.25) is 4.79 Å². The summed E-state index contributed by atoms with van der Waals surface area (Å²) in [7, 11) is 1.68. The van der Waals surface area contributed by atoms with Crippen molar-refractivity contribution in [3.63, 3.8) is 0 Å². The first-order valence-corrected chi connectivity index (χ1v) is 15.1. The number of rotatable bonds is 8. The van der Waals surface area contributed by atoms with Gasteiger partial charge < -0.3 is 14.5 Å². The van der Waals surface area contributed by atoms with E-state index in [0.29, 0.717) is 29.7 Å². The van der Waals surface area contributed by atoms with Crippen molar-refractivity contribution in [1.29, 1.82) is 0 Å². The standard InChI is InChI=1S/C34H44FN3O2/c1-24-20-28(11-12-31(24)35)29-15-19-38(32(21-29)27-8-5-4-6-9-27)23-33(39)25(2)26-10-7-17-37(18-14-26)34-22-30(40-3)13-16-36-34/h11-13,15-16,20-22,25-27H,4-10,14,17-19,23H2,1-3H3. The monoisotopic (exact) mass is 545 g/mol. The lowest BCUT2D eigenvalue weighted by Gasteiger charge is -2.37. The predicted octanol–water partition coefficient (Wildman–Crippen LogP) is 7.21. The molecule has 0 bridgehead atoms. The number of pyridine rings is 1. The van der Waals surface area contributed by atoms with Crippen LogP contribution < -0.4 is 9.64 Å². The molecule has 3 heterocycles. The molecule has 1 aliphatic carbocycles. The van der Waals surface area contributed by atoms with Crippen molar-refractivity contribution in [3.8, 4) is 5.75 Å². The quantitative estimate of drug-likeness (QED) is 0.351. The molecule has 0 N–H and O–H groups in total. The van der Waals surface area contributed by atoms with Crippen molar-refractivity contribution in [2.45, 2.75) is 65.2 Å². The van der Waals surface area contributed by atoms with Crippen LogP contribution in [0.1, 0.15) is 69.4 Å². The Hall–Kier alpha value is -3.15. The molecule has 6 heteroatoms. The van der Waals surface area contributed by atoms with Crippen LogP contribution in [0.5, 0.6) is 5.75 Å². The molecule has 3 aliphatic rings. The van der Waals surface area contributed by atoms with Gasteiger partial charge in [-0.2, -0.15) is 0 Å². The highest BCUT2D eigenvalue weighted by Crippen LogP contribution is 2.36. The van der Waals surface area contributed by atoms with Gasteiger partial charge in [-0.1, -0.05) is 38.3 Å². The van der Waals surface area contributed by atoms with Crippen LogP contribution in [0.2, 0.25) is 0 Å². The maximum Gasteiger partial charge on any atom is 0.155 e. The number of ketones is 1. The first-order valence-electron chi connectivity index (χ1n) is 15.1. The molecule has 1 saturated carbocycles. The van der Waals surface area contributed by atoms with Crippen LogP contribution in [0.3, 0.4) is 0 Å². The normalized spacial score (nSPS) is 21.4. The van der Waals surface area contributed by atoms with Gasteiger partial charge in [0, 0.05) is 43.5 Å². The summed E-state index contributed by atoms with van der Waals surface area (Å²) in [6.07, 6.45) is 15.6. The van der Waals surface area contributed by atoms with Crippen LogP contribution in [-0.4, -0.2) is 49.0 Å². The average molecular weight is 546 g/mol. The van der Waals surface area contributed by atoms with E-state index in [0.717, 1.165) is 61.6 Å². The van der Waals surface area contributed by atoms with E-state index in [4.69, 9.17) is 4.74 Å². The molecule has 5 nitrogen and oxygen atoms in total. The zero-order valence-electron chi connectivity index (χ0n) is 24.4. The van der Waals surface area contributed by atoms with Gasteiger partial charge in [0.1, 0.15) is 17.4 Å². The van der Waals surface area contributed by atoms with Crippen LogP contribution in [0, 0.1) is 30.5 Å². The van der Waals surface area contributed by atoms with Gasteiger partial charge >= 0.3 is 0 Å². The maximum absolute atomic E-state index is 13.9. The molecule has 5 rings (SSSR count). The number of halogens is 1. The Balaban J connectivity index is 1.26. The Morgan fingerprint density at radius 2 is 1.90 bits per heavy atom. The van der Waals surface area contributed by atoms with Crippen LogP contribution in [-0.2, 0) is 4.79 Å². The molecule has 0 radical (unpaired) electrons. The third-order valence-corrected chi connectivity index (χ3v) is 9.33. The second kappa shape index (κ2) is 13.0. The first kappa shape index (κ1) is 28.4. The van der Waals surface area contributed by atoms with Crippen LogP contribution in [0.4, 0.5) is 10.2 Å². The molecule has 0 amide bonds. The maximum atomic E-state index is 13.9. The number of carbonyl (C=O) groups excluding carboxylic acids is 1. The zero-order valence-corrected chi connectivity index (χ0v) is 24.4. The van der Waals surface area contributed by atoms with Gasteiger partial charge in [0.2, 0.25) is 0 Å². The van der Waals surface area contributed by atoms with Crippen LogP contribution in [0.15, 0.2) is 54.4 Å². The van der Waals surface area contributed by atoms with E-state index in [-0.39, 0.29) is 11.7 Å². The van der Waals surface area contributed by atoms with Gasteiger partial charge in [0.25, 0.3) is 0 Å². The van der Waals surface area contributed by atoms with Crippen molar-refractivity contribution in [3.05, 3.63) is 71.3 Å². The predicted molar refractivity (Wildman–Crippen MR) is 160 cm³/mol. The molecule has 40 heavy (non-hydrogen) atoms. The molecule has 1 aromatic carbocycles. The fourth-order valence-electron chi connectivity index (χ4n) is 6.73. The van der Waals surface area contributed by atoms with E-state index in [2.05, 4.69) is 33.9 Å². The Labute approximate surface area is 239 Å². The van der Waals surface area contributed by atoms with Crippen molar-refractivity contribution < 1.29 is 13.9 Å². The van der Waals surface area contributed by atoms with E-state index in [1.165, 1.54) is 37.8 Å². The molecular formula is C34H44FN3O2. The molecular weight excluding hydrogens is 501 g/mol. The van der Waals surface area contributed by atoms with Crippen LogP contribution in [0.25, 0.3) is 5.57 Å². The molecule has 2 unspecified atom stereocenters. The number of nitrogens with zero attached hydrogens (tertiary/aromatic N) is 3. The minimum absolute atomic E-state index is 0.0240. The zero-order chi connectivity index (χ0) is 28.1. The molecule has 2 fully saturated rings. The second-order valence-electron chi connectivity index (χ2n) is 11.9. The van der Waals surface area contributed by atoms with Gasteiger partial charge in [0.15, 0.2) is 5.78 Å². The molecule has 2 aliphatic heterocycles. The van der Waals surface area contributed by atoms with E-state index >= 15 is 0 Å². The highest BCUT2D eigenvalue weighted by atomic mass is 19.1. The van der Waals surface area contributed by atoms with E-state index in [1.54, 1.807) is 19.4 Å². The molecule has 2 aromatic rings. The summed E-state index contributed by atoms with van der Waals surface area (Å²) in [5, 5.41) is 0. The van der Waals surface area contributed by atoms with Crippen molar-refractivity contribution in [1.82, 2.24) is 9.88 Å². The number of aryl methyl sites for hydroxylation is 1.